The lowest BCUT2D eigenvalue weighted by atomic mass is 9.73. The van der Waals surface area contributed by atoms with Crippen molar-refractivity contribution in [3.05, 3.63) is 65.4 Å². The second-order valence-electron chi connectivity index (χ2n) is 8.82. The average Bonchev–Trinajstić information content (AvgIpc) is 2.84. The molecule has 2 aromatic carbocycles. The number of carbonyl (C=O) groups is 1. The molecule has 1 aliphatic carbocycles. The summed E-state index contributed by atoms with van der Waals surface area (Å²) < 4.78 is 6.12. The van der Waals surface area contributed by atoms with Gasteiger partial charge in [-0.25, -0.2) is 0 Å². The van der Waals surface area contributed by atoms with Gasteiger partial charge in [-0.2, -0.15) is 0 Å². The zero-order valence-corrected chi connectivity index (χ0v) is 17.5. The zero-order valence-electron chi connectivity index (χ0n) is 17.5. The van der Waals surface area contributed by atoms with Gasteiger partial charge in [-0.15, -0.1) is 0 Å². The monoisotopic (exact) mass is 390 g/mol. The van der Waals surface area contributed by atoms with Gasteiger partial charge >= 0.3 is 0 Å². The normalized spacial score (nSPS) is 20.1. The van der Waals surface area contributed by atoms with Gasteiger partial charge in [-0.05, 0) is 36.5 Å². The summed E-state index contributed by atoms with van der Waals surface area (Å²) in [6.07, 6.45) is 3.50. The van der Waals surface area contributed by atoms with Crippen LogP contribution in [-0.4, -0.2) is 12.4 Å². The minimum atomic E-state index is -0.234. The molecular weight excluding hydrogens is 360 g/mol. The van der Waals surface area contributed by atoms with E-state index in [0.29, 0.717) is 13.0 Å². The predicted octanol–water partition coefficient (Wildman–Crippen LogP) is 6.09. The largest absolute Gasteiger partial charge is 0.493 e. The summed E-state index contributed by atoms with van der Waals surface area (Å²) in [5.41, 5.74) is 4.84. The molecule has 0 amide bonds. The highest BCUT2D eigenvalue weighted by Crippen LogP contribution is 2.46. The molecule has 4 rings (SSSR count). The van der Waals surface area contributed by atoms with Gasteiger partial charge in [-0.3, -0.25) is 4.79 Å². The molecule has 4 nitrogen and oxygen atoms in total. The molecule has 0 unspecified atom stereocenters. The maximum absolute atomic E-state index is 13.3. The van der Waals surface area contributed by atoms with Gasteiger partial charge in [0.15, 0.2) is 5.78 Å². The number of hydrogen-bond donors (Lipinski definition) is 2. The number of benzene rings is 2. The van der Waals surface area contributed by atoms with E-state index in [4.69, 9.17) is 4.74 Å². The summed E-state index contributed by atoms with van der Waals surface area (Å²) in [6.45, 7) is 7.17. The Morgan fingerprint density at radius 2 is 1.76 bits per heavy atom. The van der Waals surface area contributed by atoms with Crippen LogP contribution in [0.4, 0.5) is 11.4 Å². The molecule has 0 spiro atoms. The molecule has 0 saturated heterocycles. The SMILES string of the molecule is CCCCOc1ccccc1[C@@H]1Nc2ccccc2NC2=C1C(=O)CC(C)(C)C2. The Balaban J connectivity index is 1.82. The van der Waals surface area contributed by atoms with Crippen LogP contribution in [0, 0.1) is 5.41 Å². The lowest BCUT2D eigenvalue weighted by molar-refractivity contribution is -0.118. The van der Waals surface area contributed by atoms with E-state index in [-0.39, 0.29) is 17.2 Å². The van der Waals surface area contributed by atoms with Crippen molar-refractivity contribution < 1.29 is 9.53 Å². The topological polar surface area (TPSA) is 50.4 Å². The molecule has 1 aliphatic heterocycles. The molecule has 0 saturated carbocycles. The van der Waals surface area contributed by atoms with Gasteiger partial charge in [0.1, 0.15) is 5.75 Å². The number of anilines is 2. The molecule has 2 aromatic rings. The van der Waals surface area contributed by atoms with Gasteiger partial charge in [0.05, 0.1) is 24.0 Å². The second kappa shape index (κ2) is 7.94. The number of ketones is 1. The molecule has 0 fully saturated rings. The summed E-state index contributed by atoms with van der Waals surface area (Å²) in [5, 5.41) is 7.22. The molecule has 152 valence electrons. The van der Waals surface area contributed by atoms with E-state index in [2.05, 4.69) is 49.6 Å². The molecule has 2 N–H and O–H groups in total. The average molecular weight is 391 g/mol. The second-order valence-corrected chi connectivity index (χ2v) is 8.82. The Kier molecular flexibility index (Phi) is 5.35. The molecule has 1 heterocycles. The quantitative estimate of drug-likeness (QED) is 0.607. The number of unbranched alkanes of at least 4 members (excludes halogenated alkanes) is 1. The van der Waals surface area contributed by atoms with E-state index >= 15 is 0 Å². The maximum atomic E-state index is 13.3. The Hall–Kier alpha value is -2.75. The first-order valence-electron chi connectivity index (χ1n) is 10.6. The van der Waals surface area contributed by atoms with Crippen molar-refractivity contribution in [1.29, 1.82) is 0 Å². The van der Waals surface area contributed by atoms with E-state index < -0.39 is 0 Å². The van der Waals surface area contributed by atoms with Gasteiger partial charge in [0.2, 0.25) is 0 Å². The van der Waals surface area contributed by atoms with Gasteiger partial charge in [-0.1, -0.05) is 57.5 Å². The molecule has 4 heteroatoms. The molecule has 0 aromatic heterocycles. The van der Waals surface area contributed by atoms with Crippen molar-refractivity contribution in [3.8, 4) is 5.75 Å². The molecule has 0 bridgehead atoms. The fourth-order valence-electron chi connectivity index (χ4n) is 4.30. The third-order valence-corrected chi connectivity index (χ3v) is 5.71. The summed E-state index contributed by atoms with van der Waals surface area (Å²) in [7, 11) is 0. The van der Waals surface area contributed by atoms with Crippen LogP contribution in [0.5, 0.6) is 5.75 Å². The van der Waals surface area contributed by atoms with Crippen LogP contribution in [-0.2, 0) is 4.79 Å². The minimum absolute atomic E-state index is 0.0517. The Bertz CT molecular complexity index is 945. The van der Waals surface area contributed by atoms with Crippen molar-refractivity contribution in [1.82, 2.24) is 0 Å². The van der Waals surface area contributed by atoms with Crippen LogP contribution in [0.2, 0.25) is 0 Å². The predicted molar refractivity (Wildman–Crippen MR) is 118 cm³/mol. The van der Waals surface area contributed by atoms with Crippen molar-refractivity contribution in [2.24, 2.45) is 5.41 Å². The summed E-state index contributed by atoms with van der Waals surface area (Å²) >= 11 is 0. The summed E-state index contributed by atoms with van der Waals surface area (Å²) in [6, 6.07) is 16.0. The minimum Gasteiger partial charge on any atom is -0.493 e. The first kappa shape index (κ1) is 19.6. The Morgan fingerprint density at radius 3 is 2.55 bits per heavy atom. The number of rotatable bonds is 5. The zero-order chi connectivity index (χ0) is 20.4. The molecular formula is C25H30N2O2. The first-order valence-corrected chi connectivity index (χ1v) is 10.6. The Morgan fingerprint density at radius 1 is 1.03 bits per heavy atom. The number of Topliss-reactive ketones (excluding diaryl/α,β-unsaturated/α-hetero) is 1. The smallest absolute Gasteiger partial charge is 0.163 e. The fourth-order valence-corrected chi connectivity index (χ4v) is 4.30. The number of para-hydroxylation sites is 3. The molecule has 0 radical (unpaired) electrons. The molecule has 2 aliphatic rings. The lowest BCUT2D eigenvalue weighted by Gasteiger charge is -2.34. The number of allylic oxidation sites excluding steroid dienone is 1. The maximum Gasteiger partial charge on any atom is 0.163 e. The van der Waals surface area contributed by atoms with E-state index in [1.165, 1.54) is 0 Å². The van der Waals surface area contributed by atoms with Crippen molar-refractivity contribution >= 4 is 17.2 Å². The van der Waals surface area contributed by atoms with Gasteiger partial charge in [0.25, 0.3) is 0 Å². The van der Waals surface area contributed by atoms with Crippen molar-refractivity contribution in [2.45, 2.75) is 52.5 Å². The highest BCUT2D eigenvalue weighted by molar-refractivity contribution is 6.01. The van der Waals surface area contributed by atoms with Crippen LogP contribution in [0.25, 0.3) is 0 Å². The van der Waals surface area contributed by atoms with Gasteiger partial charge < -0.3 is 15.4 Å². The summed E-state index contributed by atoms with van der Waals surface area (Å²) in [4.78, 5) is 13.3. The van der Waals surface area contributed by atoms with Crippen LogP contribution in [0.3, 0.4) is 0 Å². The lowest BCUT2D eigenvalue weighted by Crippen LogP contribution is -2.31. The van der Waals surface area contributed by atoms with E-state index in [1.807, 2.05) is 30.3 Å². The van der Waals surface area contributed by atoms with Crippen molar-refractivity contribution in [3.63, 3.8) is 0 Å². The third kappa shape index (κ3) is 4.02. The van der Waals surface area contributed by atoms with Crippen molar-refractivity contribution in [2.75, 3.05) is 17.2 Å². The number of hydrogen-bond acceptors (Lipinski definition) is 4. The molecule has 1 atom stereocenters. The fraction of sp³-hybridized carbons (Fsp3) is 0.400. The highest BCUT2D eigenvalue weighted by Gasteiger charge is 2.39. The number of ether oxygens (including phenoxy) is 1. The third-order valence-electron chi connectivity index (χ3n) is 5.71. The number of nitrogens with one attached hydrogen (secondary N) is 2. The number of carbonyl (C=O) groups excluding carboxylic acids is 1. The van der Waals surface area contributed by atoms with Crippen LogP contribution in [0.15, 0.2) is 59.8 Å². The van der Waals surface area contributed by atoms with E-state index in [0.717, 1.165) is 53.2 Å². The molecule has 29 heavy (non-hydrogen) atoms. The van der Waals surface area contributed by atoms with E-state index in [1.54, 1.807) is 0 Å². The van der Waals surface area contributed by atoms with Crippen LogP contribution >= 0.6 is 0 Å². The first-order chi connectivity index (χ1) is 14.0. The van der Waals surface area contributed by atoms with Gasteiger partial charge in [0, 0.05) is 23.3 Å². The van der Waals surface area contributed by atoms with E-state index in [9.17, 15) is 4.79 Å². The number of fused-ring (bicyclic) bond motifs is 1. The standard InChI is InChI=1S/C25H30N2O2/c1-4-5-14-29-22-13-9-6-10-17(22)24-23-20(15-25(2,3)16-21(23)28)26-18-11-7-8-12-19(18)27-24/h6-13,24,26-27H,4-5,14-16H2,1-3H3/t24-/m0/s1. The van der Waals surface area contributed by atoms with Crippen LogP contribution < -0.4 is 15.4 Å². The summed E-state index contributed by atoms with van der Waals surface area (Å²) in [5.74, 6) is 1.06. The Labute approximate surface area is 173 Å². The van der Waals surface area contributed by atoms with Crippen LogP contribution in [0.1, 0.15) is 58.1 Å². The highest BCUT2D eigenvalue weighted by atomic mass is 16.5.